The van der Waals surface area contributed by atoms with Crippen LogP contribution in [0.3, 0.4) is 0 Å². The smallest absolute Gasteiger partial charge is 0.280 e. The first-order valence-electron chi connectivity index (χ1n) is 13.3. The first kappa shape index (κ1) is 31.2. The lowest BCUT2D eigenvalue weighted by Gasteiger charge is -2.34. The van der Waals surface area contributed by atoms with Crippen LogP contribution >= 0.6 is 15.6 Å². The fourth-order valence-corrected chi connectivity index (χ4v) is 7.37. The Morgan fingerprint density at radius 3 is 1.80 bits per heavy atom. The van der Waals surface area contributed by atoms with Crippen molar-refractivity contribution in [2.75, 3.05) is 18.9 Å². The molecule has 0 aromatic carbocycles. The molecule has 0 bridgehead atoms. The molecule has 0 aliphatic carbocycles. The first-order valence-corrected chi connectivity index (χ1v) is 16.2. The zero-order valence-corrected chi connectivity index (χ0v) is 24.9. The first-order chi connectivity index (χ1) is 21.7. The number of ether oxygens (including phenoxy) is 2. The number of imidazole rings is 2. The number of nitrogens with two attached hydrogens (primary N) is 1. The number of phosphoric ester groups is 2. The minimum absolute atomic E-state index is 0.0235. The van der Waals surface area contributed by atoms with E-state index in [2.05, 4.69) is 29.9 Å². The fourth-order valence-electron chi connectivity index (χ4n) is 5.47. The van der Waals surface area contributed by atoms with Gasteiger partial charge in [-0.05, 0) is 6.92 Å². The van der Waals surface area contributed by atoms with Crippen LogP contribution in [0.2, 0.25) is 0 Å². The third-order valence-corrected chi connectivity index (χ3v) is 9.40. The number of rotatable bonds is 2. The summed E-state index contributed by atoms with van der Waals surface area (Å²) in [7, 11) is -10.7. The van der Waals surface area contributed by atoms with E-state index in [1.54, 1.807) is 0 Å². The molecule has 25 heteroatoms. The maximum Gasteiger partial charge on any atom is 0.280 e. The highest BCUT2D eigenvalue weighted by Crippen LogP contribution is 2.50. The molecule has 6 N–H and O–H groups in total. The maximum atomic E-state index is 13.0. The zero-order chi connectivity index (χ0) is 32.7. The van der Waals surface area contributed by atoms with Gasteiger partial charge >= 0.3 is 0 Å². The minimum atomic E-state index is -5.35. The Kier molecular flexibility index (Phi) is 7.51. The highest BCUT2D eigenvalue weighted by molar-refractivity contribution is 7.46. The molecule has 10 atom stereocenters. The van der Waals surface area contributed by atoms with Gasteiger partial charge in [0.15, 0.2) is 34.8 Å². The number of aliphatic hydroxyl groups excluding tert-OH is 2. The van der Waals surface area contributed by atoms with Gasteiger partial charge in [-0.15, -0.1) is 0 Å². The molecule has 46 heavy (non-hydrogen) atoms. The Labute approximate surface area is 254 Å². The molecule has 0 spiro atoms. The number of aryl methyl sites for hydroxylation is 1. The van der Waals surface area contributed by atoms with Crippen molar-refractivity contribution < 1.29 is 56.7 Å². The summed E-state index contributed by atoms with van der Waals surface area (Å²) in [4.78, 5) is 71.1. The van der Waals surface area contributed by atoms with Crippen LogP contribution < -0.4 is 26.6 Å². The molecule has 23 nitrogen and oxygen atoms in total. The molecule has 7 rings (SSSR count). The number of hydrogen-bond acceptors (Lipinski definition) is 19. The standard InChI is InChI=1S/C21H25N9O14P2/c1-6-25-15-9(17(33)26-6)23-4-29(15)19-11(31)13-7(41-19)2-39-46(37,38)44-14-8(3-40-45(35,36)43-13)42-20(12(14)32)30-5-24-10-16(30)27-21(22)28-18(10)34/h4-5,7-8,11-14,19-20,31-32H,2-3H2,1H3,(H,35,36)(H,37,38)(H,25,26,33)(H3,22,27,28,34)/p-2/t7-,8-,11?,12?,13-,14-,19+,20+/m0/s1. The Hall–Kier alpha value is -3.44. The zero-order valence-electron chi connectivity index (χ0n) is 23.1. The van der Waals surface area contributed by atoms with Crippen LogP contribution in [0.15, 0.2) is 22.2 Å². The van der Waals surface area contributed by atoms with Gasteiger partial charge in [0.05, 0.1) is 25.9 Å². The summed E-state index contributed by atoms with van der Waals surface area (Å²) < 4.78 is 59.8. The number of H-pyrrole nitrogens is 2. The van der Waals surface area contributed by atoms with Crippen LogP contribution in [-0.4, -0.2) is 99.1 Å². The largest absolute Gasteiger partial charge is 0.756 e. The lowest BCUT2D eigenvalue weighted by Crippen LogP contribution is -2.41. The van der Waals surface area contributed by atoms with E-state index in [4.69, 9.17) is 33.3 Å². The van der Waals surface area contributed by atoms with Crippen molar-refractivity contribution in [2.24, 2.45) is 0 Å². The Balaban J connectivity index is 1.18. The van der Waals surface area contributed by atoms with Crippen molar-refractivity contribution in [1.29, 1.82) is 0 Å². The molecule has 4 aromatic rings. The number of nitrogens with zero attached hydrogens (tertiary/aromatic N) is 6. The minimum Gasteiger partial charge on any atom is -0.756 e. The van der Waals surface area contributed by atoms with E-state index in [1.807, 2.05) is 0 Å². The monoisotopic (exact) mass is 687 g/mol. The highest BCUT2D eigenvalue weighted by atomic mass is 31.2. The van der Waals surface area contributed by atoms with Gasteiger partial charge in [0.2, 0.25) is 5.95 Å². The summed E-state index contributed by atoms with van der Waals surface area (Å²) in [6.45, 7) is -0.388. The molecule has 3 aliphatic heterocycles. The van der Waals surface area contributed by atoms with E-state index in [1.165, 1.54) is 6.92 Å². The van der Waals surface area contributed by atoms with E-state index in [0.29, 0.717) is 0 Å². The van der Waals surface area contributed by atoms with Gasteiger partial charge in [-0.25, -0.2) is 15.0 Å². The number of aromatic amines is 2. The second-order valence-corrected chi connectivity index (χ2v) is 13.2. The normalized spacial score (nSPS) is 37.2. The third-order valence-electron chi connectivity index (χ3n) is 7.46. The Morgan fingerprint density at radius 2 is 1.30 bits per heavy atom. The topological polar surface area (TPSA) is 329 Å². The van der Waals surface area contributed by atoms with Crippen LogP contribution in [0.25, 0.3) is 22.3 Å². The molecule has 3 saturated heterocycles. The van der Waals surface area contributed by atoms with Gasteiger partial charge < -0.3 is 58.3 Å². The van der Waals surface area contributed by atoms with Crippen molar-refractivity contribution in [3.63, 3.8) is 0 Å². The molecule has 4 unspecified atom stereocenters. The number of aliphatic hydroxyl groups is 2. The van der Waals surface area contributed by atoms with E-state index < -0.39 is 89.1 Å². The maximum absolute atomic E-state index is 13.0. The number of hydrogen-bond donors (Lipinski definition) is 5. The number of aromatic nitrogens is 8. The predicted molar refractivity (Wildman–Crippen MR) is 142 cm³/mol. The summed E-state index contributed by atoms with van der Waals surface area (Å²) in [5.74, 6) is -0.0923. The summed E-state index contributed by atoms with van der Waals surface area (Å²) in [5.41, 5.74) is 3.85. The van der Waals surface area contributed by atoms with Crippen molar-refractivity contribution >= 4 is 43.9 Å². The Bertz CT molecular complexity index is 1900. The highest BCUT2D eigenvalue weighted by Gasteiger charge is 2.51. The lowest BCUT2D eigenvalue weighted by atomic mass is 10.1. The van der Waals surface area contributed by atoms with Crippen molar-refractivity contribution in [2.45, 2.75) is 56.0 Å². The summed E-state index contributed by atoms with van der Waals surface area (Å²) in [5, 5.41) is 22.2. The number of anilines is 1. The number of fused-ring (bicyclic) bond motifs is 4. The summed E-state index contributed by atoms with van der Waals surface area (Å²) >= 11 is 0. The molecular formula is C21H23N9O14P2-2. The quantitative estimate of drug-likeness (QED) is 0.127. The average Bonchev–Trinajstić information content (AvgIpc) is 3.72. The van der Waals surface area contributed by atoms with Gasteiger partial charge in [0.25, 0.3) is 26.8 Å². The molecule has 248 valence electrons. The molecule has 0 radical (unpaired) electrons. The lowest BCUT2D eigenvalue weighted by molar-refractivity contribution is -0.244. The van der Waals surface area contributed by atoms with E-state index in [9.17, 15) is 38.7 Å². The SMILES string of the molecule is Cc1nc2c(ncn2[C@@H]2O[C@H]3COP(=O)([O-])O[C@@H]4C(O)[C@H](n5cnc6c(=O)[nH]c(N)nc65)O[C@H]4COP(=O)([O-])O[C@@H]3C2O)c(=O)[nH]1. The van der Waals surface area contributed by atoms with Crippen molar-refractivity contribution in [3.8, 4) is 0 Å². The van der Waals surface area contributed by atoms with Gasteiger partial charge in [0.1, 0.15) is 42.4 Å². The van der Waals surface area contributed by atoms with Gasteiger partial charge in [0, 0.05) is 0 Å². The molecule has 7 heterocycles. The second kappa shape index (κ2) is 11.1. The van der Waals surface area contributed by atoms with Crippen LogP contribution in [-0.2, 0) is 36.7 Å². The van der Waals surface area contributed by atoms with Crippen LogP contribution in [0.5, 0.6) is 0 Å². The molecule has 4 aromatic heterocycles. The number of nitrogen functional groups attached to an aromatic ring is 1. The molecule has 0 saturated carbocycles. The molecule has 3 fully saturated rings. The van der Waals surface area contributed by atoms with Crippen molar-refractivity contribution in [1.82, 2.24) is 39.0 Å². The van der Waals surface area contributed by atoms with Crippen LogP contribution in [0.1, 0.15) is 18.3 Å². The second-order valence-electron chi connectivity index (χ2n) is 10.5. The molecule has 0 amide bonds. The van der Waals surface area contributed by atoms with E-state index in [0.717, 1.165) is 21.8 Å². The molecule has 3 aliphatic rings. The van der Waals surface area contributed by atoms with Gasteiger partial charge in [-0.1, -0.05) is 0 Å². The van der Waals surface area contributed by atoms with Gasteiger partial charge in [-0.3, -0.25) is 32.8 Å². The number of phosphoric acid groups is 2. The van der Waals surface area contributed by atoms with Crippen LogP contribution in [0.4, 0.5) is 5.95 Å². The van der Waals surface area contributed by atoms with E-state index in [-0.39, 0.29) is 34.1 Å². The van der Waals surface area contributed by atoms with Crippen LogP contribution in [0, 0.1) is 6.92 Å². The molecular weight excluding hydrogens is 664 g/mol. The number of nitrogens with one attached hydrogen (secondary N) is 2. The third kappa shape index (κ3) is 5.39. The summed E-state index contributed by atoms with van der Waals surface area (Å²) in [6, 6.07) is 0. The average molecular weight is 687 g/mol. The Morgan fingerprint density at radius 1 is 0.848 bits per heavy atom. The fraction of sp³-hybridized carbons (Fsp3) is 0.524. The summed E-state index contributed by atoms with van der Waals surface area (Å²) in [6.07, 6.45) is -11.2. The van der Waals surface area contributed by atoms with Crippen molar-refractivity contribution in [3.05, 3.63) is 39.2 Å². The van der Waals surface area contributed by atoms with E-state index >= 15 is 0 Å². The van der Waals surface area contributed by atoms with Gasteiger partial charge in [-0.2, -0.15) is 4.98 Å². The predicted octanol–water partition coefficient (Wildman–Crippen LogP) is -3.59.